The summed E-state index contributed by atoms with van der Waals surface area (Å²) in [5.74, 6) is 1.24. The van der Waals surface area contributed by atoms with Gasteiger partial charge in [0.2, 0.25) is 0 Å². The fourth-order valence-electron chi connectivity index (χ4n) is 4.52. The fraction of sp³-hybridized carbons (Fsp3) is 0.320. The number of halogens is 1. The number of anilines is 1. The predicted molar refractivity (Wildman–Crippen MR) is 124 cm³/mol. The maximum atomic E-state index is 13.7. The average Bonchev–Trinajstić information content (AvgIpc) is 3.50. The molecule has 1 fully saturated rings. The zero-order valence-electron chi connectivity index (χ0n) is 18.9. The molecule has 1 saturated heterocycles. The molecule has 0 spiro atoms. The minimum atomic E-state index is -0.257. The molecule has 1 unspecified atom stereocenters. The Labute approximate surface area is 192 Å². The van der Waals surface area contributed by atoms with Crippen LogP contribution in [0.3, 0.4) is 0 Å². The number of piperazine rings is 1. The Bertz CT molecular complexity index is 1200. The summed E-state index contributed by atoms with van der Waals surface area (Å²) in [4.78, 5) is 4.81. The third-order valence-electron chi connectivity index (χ3n) is 6.26. The molecule has 2 aromatic heterocycles. The predicted octanol–water partition coefficient (Wildman–Crippen LogP) is 3.98. The summed E-state index contributed by atoms with van der Waals surface area (Å²) in [6.07, 6.45) is 1.64. The van der Waals surface area contributed by atoms with Gasteiger partial charge in [-0.1, -0.05) is 24.3 Å². The van der Waals surface area contributed by atoms with Gasteiger partial charge in [-0.25, -0.2) is 9.07 Å². The summed E-state index contributed by atoms with van der Waals surface area (Å²) in [6, 6.07) is 16.8. The van der Waals surface area contributed by atoms with Crippen molar-refractivity contribution in [2.75, 3.05) is 31.1 Å². The smallest absolute Gasteiger partial charge is 0.173 e. The zero-order chi connectivity index (χ0) is 22.8. The maximum absolute atomic E-state index is 13.7. The van der Waals surface area contributed by atoms with Crippen LogP contribution in [0.25, 0.3) is 0 Å². The lowest BCUT2D eigenvalue weighted by Crippen LogP contribution is -2.48. The van der Waals surface area contributed by atoms with E-state index in [2.05, 4.69) is 57.4 Å². The van der Waals surface area contributed by atoms with Crippen molar-refractivity contribution in [1.29, 1.82) is 0 Å². The van der Waals surface area contributed by atoms with Crippen molar-refractivity contribution in [2.24, 2.45) is 0 Å². The Morgan fingerprint density at radius 2 is 1.79 bits per heavy atom. The van der Waals surface area contributed by atoms with Crippen molar-refractivity contribution in [2.45, 2.75) is 26.4 Å². The molecule has 170 valence electrons. The molecule has 0 saturated carbocycles. The lowest BCUT2D eigenvalue weighted by molar-refractivity contribution is 0.200. The summed E-state index contributed by atoms with van der Waals surface area (Å²) in [6.45, 7) is 8.18. The van der Waals surface area contributed by atoms with Crippen LogP contribution in [-0.4, -0.2) is 51.3 Å². The van der Waals surface area contributed by atoms with Gasteiger partial charge in [0.25, 0.3) is 0 Å². The molecule has 1 atom stereocenters. The van der Waals surface area contributed by atoms with Gasteiger partial charge in [-0.05, 0) is 71.3 Å². The van der Waals surface area contributed by atoms with Crippen molar-refractivity contribution in [1.82, 2.24) is 25.1 Å². The summed E-state index contributed by atoms with van der Waals surface area (Å²) in [7, 11) is 0. The van der Waals surface area contributed by atoms with Crippen LogP contribution in [-0.2, 0) is 6.54 Å². The molecular formula is C25H27FN6O. The summed E-state index contributed by atoms with van der Waals surface area (Å²) in [5, 5.41) is 12.6. The number of hydrogen-bond donors (Lipinski definition) is 0. The first-order chi connectivity index (χ1) is 16.1. The van der Waals surface area contributed by atoms with Crippen molar-refractivity contribution in [3.63, 3.8) is 0 Å². The number of hydrogen-bond acceptors (Lipinski definition) is 6. The largest absolute Gasteiger partial charge is 0.467 e. The molecule has 0 radical (unpaired) electrons. The normalized spacial score (nSPS) is 15.7. The van der Waals surface area contributed by atoms with Gasteiger partial charge in [0.1, 0.15) is 18.1 Å². The van der Waals surface area contributed by atoms with Gasteiger partial charge in [0.15, 0.2) is 5.82 Å². The van der Waals surface area contributed by atoms with Crippen LogP contribution in [0, 0.1) is 19.7 Å². The summed E-state index contributed by atoms with van der Waals surface area (Å²) >= 11 is 0. The molecule has 0 amide bonds. The Morgan fingerprint density at radius 1 is 1.00 bits per heavy atom. The van der Waals surface area contributed by atoms with Gasteiger partial charge in [-0.3, -0.25) is 4.90 Å². The van der Waals surface area contributed by atoms with Crippen LogP contribution in [0.5, 0.6) is 0 Å². The number of furan rings is 1. The van der Waals surface area contributed by atoms with E-state index in [1.807, 2.05) is 24.3 Å². The second kappa shape index (κ2) is 9.15. The average molecular weight is 447 g/mol. The Morgan fingerprint density at radius 3 is 2.52 bits per heavy atom. The number of rotatable bonds is 6. The molecule has 2 aromatic carbocycles. The molecule has 1 aliphatic heterocycles. The fourth-order valence-corrected chi connectivity index (χ4v) is 4.52. The van der Waals surface area contributed by atoms with E-state index in [1.54, 1.807) is 10.9 Å². The number of benzene rings is 2. The topological polar surface area (TPSA) is 63.2 Å². The molecule has 1 aliphatic rings. The first-order valence-electron chi connectivity index (χ1n) is 11.2. The highest BCUT2D eigenvalue weighted by Gasteiger charge is 2.31. The van der Waals surface area contributed by atoms with Gasteiger partial charge in [-0.15, -0.1) is 5.10 Å². The van der Waals surface area contributed by atoms with Crippen molar-refractivity contribution < 1.29 is 8.81 Å². The highest BCUT2D eigenvalue weighted by Crippen LogP contribution is 2.30. The molecule has 8 heteroatoms. The molecule has 5 rings (SSSR count). The summed E-state index contributed by atoms with van der Waals surface area (Å²) in [5.41, 5.74) is 4.80. The van der Waals surface area contributed by atoms with Crippen molar-refractivity contribution >= 4 is 5.69 Å². The van der Waals surface area contributed by atoms with Gasteiger partial charge in [0, 0.05) is 31.9 Å². The molecule has 4 aromatic rings. The lowest BCUT2D eigenvalue weighted by atomic mass is 10.0. The van der Waals surface area contributed by atoms with E-state index in [0.717, 1.165) is 43.3 Å². The van der Waals surface area contributed by atoms with E-state index >= 15 is 0 Å². The highest BCUT2D eigenvalue weighted by molar-refractivity contribution is 5.55. The first-order valence-corrected chi connectivity index (χ1v) is 11.2. The molecule has 0 bridgehead atoms. The van der Waals surface area contributed by atoms with Crippen LogP contribution in [0.4, 0.5) is 10.1 Å². The van der Waals surface area contributed by atoms with Crippen molar-refractivity contribution in [3.8, 4) is 0 Å². The van der Waals surface area contributed by atoms with E-state index in [4.69, 9.17) is 4.42 Å². The maximum Gasteiger partial charge on any atom is 0.173 e. The minimum absolute atomic E-state index is 0.184. The lowest BCUT2D eigenvalue weighted by Gasteiger charge is -2.40. The zero-order valence-corrected chi connectivity index (χ0v) is 18.9. The van der Waals surface area contributed by atoms with Gasteiger partial charge >= 0.3 is 0 Å². The van der Waals surface area contributed by atoms with Crippen LogP contribution in [0.2, 0.25) is 0 Å². The SMILES string of the molecule is Cc1ccc(C)c(N2CCN(C(c3ccc(F)cc3)c3nnnn3Cc3ccco3)CC2)c1. The van der Waals surface area contributed by atoms with E-state index in [0.29, 0.717) is 6.54 Å². The van der Waals surface area contributed by atoms with Crippen LogP contribution >= 0.6 is 0 Å². The minimum Gasteiger partial charge on any atom is -0.467 e. The van der Waals surface area contributed by atoms with E-state index in [-0.39, 0.29) is 11.9 Å². The Hall–Kier alpha value is -3.52. The van der Waals surface area contributed by atoms with Gasteiger partial charge in [0.05, 0.1) is 12.3 Å². The highest BCUT2D eigenvalue weighted by atomic mass is 19.1. The number of aromatic nitrogens is 4. The first kappa shape index (κ1) is 21.3. The van der Waals surface area contributed by atoms with Gasteiger partial charge < -0.3 is 9.32 Å². The Kier molecular flexibility index (Phi) is 5.92. The third-order valence-corrected chi connectivity index (χ3v) is 6.26. The number of nitrogens with zero attached hydrogens (tertiary/aromatic N) is 6. The van der Waals surface area contributed by atoms with Crippen LogP contribution in [0.15, 0.2) is 65.3 Å². The van der Waals surface area contributed by atoms with Crippen LogP contribution < -0.4 is 4.90 Å². The molecule has 0 aliphatic carbocycles. The third kappa shape index (κ3) is 4.52. The van der Waals surface area contributed by atoms with Crippen molar-refractivity contribution in [3.05, 3.63) is 95.0 Å². The van der Waals surface area contributed by atoms with E-state index in [1.165, 1.54) is 28.9 Å². The molecule has 7 nitrogen and oxygen atoms in total. The summed E-state index contributed by atoms with van der Waals surface area (Å²) < 4.78 is 21.0. The molecule has 0 N–H and O–H groups in total. The molecule has 3 heterocycles. The second-order valence-corrected chi connectivity index (χ2v) is 8.54. The molecule has 33 heavy (non-hydrogen) atoms. The quantitative estimate of drug-likeness (QED) is 0.446. The second-order valence-electron chi connectivity index (χ2n) is 8.54. The monoisotopic (exact) mass is 446 g/mol. The standard InChI is InChI=1S/C25H27FN6O/c1-18-5-6-19(2)23(16-18)30-11-13-31(14-12-30)24(20-7-9-21(26)10-8-20)25-27-28-29-32(25)17-22-4-3-15-33-22/h3-10,15-16,24H,11-14,17H2,1-2H3. The Balaban J connectivity index is 1.43. The van der Waals surface area contributed by atoms with Crippen LogP contribution in [0.1, 0.15) is 34.3 Å². The van der Waals surface area contributed by atoms with E-state index in [9.17, 15) is 4.39 Å². The van der Waals surface area contributed by atoms with Gasteiger partial charge in [-0.2, -0.15) is 0 Å². The number of tetrazole rings is 1. The molecular weight excluding hydrogens is 419 g/mol. The van der Waals surface area contributed by atoms with E-state index < -0.39 is 0 Å². The number of aryl methyl sites for hydroxylation is 2.